The van der Waals surface area contributed by atoms with Gasteiger partial charge in [0.1, 0.15) is 0 Å². The number of rotatable bonds is 4. The lowest BCUT2D eigenvalue weighted by Gasteiger charge is -2.06. The molecular weight excluding hydrogens is 236 g/mol. The molecule has 1 aromatic rings. The van der Waals surface area contributed by atoms with E-state index in [4.69, 9.17) is 0 Å². The molecule has 0 unspecified atom stereocenters. The molecule has 0 amide bonds. The molecule has 0 aliphatic heterocycles. The van der Waals surface area contributed by atoms with Crippen LogP contribution in [0.1, 0.15) is 10.7 Å². The molecular formula is C8H13BrN2S. The lowest BCUT2D eigenvalue weighted by Crippen LogP contribution is -2.14. The number of alkyl halides is 1. The van der Waals surface area contributed by atoms with E-state index in [0.717, 1.165) is 24.0 Å². The molecule has 0 saturated heterocycles. The minimum absolute atomic E-state index is 0.867. The second kappa shape index (κ2) is 4.94. The molecule has 0 N–H and O–H groups in total. The van der Waals surface area contributed by atoms with Gasteiger partial charge in [0.15, 0.2) is 0 Å². The van der Waals surface area contributed by atoms with Crippen LogP contribution in [-0.2, 0) is 11.8 Å². The van der Waals surface area contributed by atoms with Crippen LogP contribution in [0.2, 0.25) is 0 Å². The minimum atomic E-state index is 0.867. The summed E-state index contributed by atoms with van der Waals surface area (Å²) >= 11 is 5.13. The zero-order valence-corrected chi connectivity index (χ0v) is 9.78. The normalized spacial score (nSPS) is 11.0. The van der Waals surface area contributed by atoms with E-state index in [-0.39, 0.29) is 0 Å². The highest BCUT2D eigenvalue weighted by Gasteiger charge is 2.00. The molecule has 0 aliphatic rings. The van der Waals surface area contributed by atoms with Crippen LogP contribution in [0.15, 0.2) is 5.38 Å². The van der Waals surface area contributed by atoms with Crippen molar-refractivity contribution in [1.29, 1.82) is 0 Å². The molecule has 1 heterocycles. The van der Waals surface area contributed by atoms with Gasteiger partial charge in [-0.05, 0) is 14.1 Å². The Morgan fingerprint density at radius 1 is 1.58 bits per heavy atom. The van der Waals surface area contributed by atoms with Crippen molar-refractivity contribution in [2.45, 2.75) is 11.8 Å². The second-order valence-electron chi connectivity index (χ2n) is 2.92. The highest BCUT2D eigenvalue weighted by Crippen LogP contribution is 2.12. The highest BCUT2D eigenvalue weighted by molar-refractivity contribution is 9.08. The Morgan fingerprint density at radius 3 is 2.83 bits per heavy atom. The SMILES string of the molecule is CN(C)CCc1nc(CBr)cs1. The average Bonchev–Trinajstić information content (AvgIpc) is 2.48. The summed E-state index contributed by atoms with van der Waals surface area (Å²) in [6.07, 6.45) is 1.06. The van der Waals surface area contributed by atoms with Crippen molar-refractivity contribution in [2.75, 3.05) is 20.6 Å². The predicted molar refractivity (Wildman–Crippen MR) is 57.0 cm³/mol. The van der Waals surface area contributed by atoms with Crippen LogP contribution >= 0.6 is 27.3 Å². The van der Waals surface area contributed by atoms with Gasteiger partial charge < -0.3 is 4.90 Å². The van der Waals surface area contributed by atoms with E-state index in [1.165, 1.54) is 5.01 Å². The molecule has 0 aliphatic carbocycles. The largest absolute Gasteiger partial charge is 0.309 e. The first kappa shape index (κ1) is 10.2. The van der Waals surface area contributed by atoms with Crippen molar-refractivity contribution in [1.82, 2.24) is 9.88 Å². The number of hydrogen-bond acceptors (Lipinski definition) is 3. The van der Waals surface area contributed by atoms with Gasteiger partial charge in [-0.3, -0.25) is 0 Å². The van der Waals surface area contributed by atoms with E-state index in [1.807, 2.05) is 0 Å². The summed E-state index contributed by atoms with van der Waals surface area (Å²) < 4.78 is 0. The Bertz CT molecular complexity index is 235. The average molecular weight is 249 g/mol. The van der Waals surface area contributed by atoms with Gasteiger partial charge in [-0.2, -0.15) is 0 Å². The van der Waals surface area contributed by atoms with Crippen LogP contribution in [-0.4, -0.2) is 30.5 Å². The maximum atomic E-state index is 4.45. The van der Waals surface area contributed by atoms with Crippen molar-refractivity contribution in [3.05, 3.63) is 16.1 Å². The molecule has 0 saturated carbocycles. The molecule has 0 aromatic carbocycles. The number of hydrogen-bond donors (Lipinski definition) is 0. The van der Waals surface area contributed by atoms with E-state index >= 15 is 0 Å². The second-order valence-corrected chi connectivity index (χ2v) is 4.42. The van der Waals surface area contributed by atoms with E-state index in [0.29, 0.717) is 0 Å². The van der Waals surface area contributed by atoms with Gasteiger partial charge in [0.25, 0.3) is 0 Å². The Hall–Kier alpha value is 0.0700. The molecule has 1 aromatic heterocycles. The summed E-state index contributed by atoms with van der Waals surface area (Å²) in [5.74, 6) is 0. The van der Waals surface area contributed by atoms with Gasteiger partial charge in [0, 0.05) is 23.7 Å². The maximum absolute atomic E-state index is 4.45. The van der Waals surface area contributed by atoms with Crippen LogP contribution in [0.25, 0.3) is 0 Å². The molecule has 0 spiro atoms. The van der Waals surface area contributed by atoms with E-state index < -0.39 is 0 Å². The molecule has 0 bridgehead atoms. The minimum Gasteiger partial charge on any atom is -0.309 e. The molecule has 68 valence electrons. The molecule has 1 rings (SSSR count). The summed E-state index contributed by atoms with van der Waals surface area (Å²) in [4.78, 5) is 6.62. The quantitative estimate of drug-likeness (QED) is 0.760. The van der Waals surface area contributed by atoms with Crippen molar-refractivity contribution in [3.8, 4) is 0 Å². The Labute approximate surface area is 85.7 Å². The predicted octanol–water partition coefficient (Wildman–Crippen LogP) is 2.14. The third-order valence-corrected chi connectivity index (χ3v) is 3.04. The summed E-state index contributed by atoms with van der Waals surface area (Å²) in [5.41, 5.74) is 1.15. The summed E-state index contributed by atoms with van der Waals surface area (Å²) in [6.45, 7) is 1.08. The number of nitrogens with zero attached hydrogens (tertiary/aromatic N) is 2. The van der Waals surface area contributed by atoms with Crippen molar-refractivity contribution in [2.24, 2.45) is 0 Å². The van der Waals surface area contributed by atoms with E-state index in [9.17, 15) is 0 Å². The van der Waals surface area contributed by atoms with Crippen molar-refractivity contribution < 1.29 is 0 Å². The molecule has 2 nitrogen and oxygen atoms in total. The van der Waals surface area contributed by atoms with Gasteiger partial charge in [-0.25, -0.2) is 4.98 Å². The van der Waals surface area contributed by atoms with Gasteiger partial charge in [0.05, 0.1) is 10.7 Å². The molecule has 0 atom stereocenters. The molecule has 0 radical (unpaired) electrons. The standard InChI is InChI=1S/C8H13BrN2S/c1-11(2)4-3-8-10-7(5-9)6-12-8/h6H,3-5H2,1-2H3. The van der Waals surface area contributed by atoms with Crippen LogP contribution in [0.5, 0.6) is 0 Å². The third-order valence-electron chi connectivity index (χ3n) is 1.51. The van der Waals surface area contributed by atoms with Crippen LogP contribution < -0.4 is 0 Å². The van der Waals surface area contributed by atoms with Crippen molar-refractivity contribution in [3.63, 3.8) is 0 Å². The lowest BCUT2D eigenvalue weighted by atomic mass is 10.4. The summed E-state index contributed by atoms with van der Waals surface area (Å²) in [6, 6.07) is 0. The first-order valence-corrected chi connectivity index (χ1v) is 5.86. The molecule has 12 heavy (non-hydrogen) atoms. The third kappa shape index (κ3) is 3.21. The van der Waals surface area contributed by atoms with E-state index in [1.54, 1.807) is 11.3 Å². The fourth-order valence-electron chi connectivity index (χ4n) is 0.844. The van der Waals surface area contributed by atoms with Gasteiger partial charge >= 0.3 is 0 Å². The first-order valence-electron chi connectivity index (χ1n) is 3.86. The van der Waals surface area contributed by atoms with Crippen LogP contribution in [0.3, 0.4) is 0 Å². The van der Waals surface area contributed by atoms with Gasteiger partial charge in [-0.15, -0.1) is 11.3 Å². The number of thiazole rings is 1. The maximum Gasteiger partial charge on any atom is 0.0941 e. The highest BCUT2D eigenvalue weighted by atomic mass is 79.9. The smallest absolute Gasteiger partial charge is 0.0941 e. The van der Waals surface area contributed by atoms with Crippen LogP contribution in [0.4, 0.5) is 0 Å². The Balaban J connectivity index is 2.41. The van der Waals surface area contributed by atoms with E-state index in [2.05, 4.69) is 45.3 Å². The number of aromatic nitrogens is 1. The number of halogens is 1. The first-order chi connectivity index (χ1) is 5.72. The van der Waals surface area contributed by atoms with Crippen LogP contribution in [0, 0.1) is 0 Å². The molecule has 4 heteroatoms. The summed E-state index contributed by atoms with van der Waals surface area (Å²) in [7, 11) is 4.16. The summed E-state index contributed by atoms with van der Waals surface area (Å²) in [5, 5.41) is 4.21. The Kier molecular flexibility index (Phi) is 4.18. The fraction of sp³-hybridized carbons (Fsp3) is 0.625. The lowest BCUT2D eigenvalue weighted by molar-refractivity contribution is 0.413. The zero-order valence-electron chi connectivity index (χ0n) is 7.38. The molecule has 0 fully saturated rings. The van der Waals surface area contributed by atoms with Crippen molar-refractivity contribution >= 4 is 27.3 Å². The number of likely N-dealkylation sites (N-methyl/N-ethyl adjacent to an activating group) is 1. The monoisotopic (exact) mass is 248 g/mol. The topological polar surface area (TPSA) is 16.1 Å². The van der Waals surface area contributed by atoms with Gasteiger partial charge in [0.2, 0.25) is 0 Å². The van der Waals surface area contributed by atoms with Gasteiger partial charge in [-0.1, -0.05) is 15.9 Å². The fourth-order valence-corrected chi connectivity index (χ4v) is 2.13. The Morgan fingerprint density at radius 2 is 2.33 bits per heavy atom. The zero-order chi connectivity index (χ0) is 8.97.